The third-order valence-corrected chi connectivity index (χ3v) is 4.07. The van der Waals surface area contributed by atoms with Crippen LogP contribution in [0.3, 0.4) is 0 Å². The first-order chi connectivity index (χ1) is 11.8. The maximum Gasteiger partial charge on any atom is 0.408 e. The number of nitrogens with zero attached hydrogens (tertiary/aromatic N) is 1. The average molecular weight is 415 g/mol. The van der Waals surface area contributed by atoms with Gasteiger partial charge in [-0.05, 0) is 74.5 Å². The topological polar surface area (TPSA) is 69.7 Å². The fraction of sp³-hybridized carbons (Fsp3) is 0.667. The molecule has 25 heavy (non-hydrogen) atoms. The summed E-state index contributed by atoms with van der Waals surface area (Å²) in [6.45, 7) is 6.73. The summed E-state index contributed by atoms with van der Waals surface area (Å²) in [4.78, 5) is 16.6. The fourth-order valence-electron chi connectivity index (χ4n) is 2.52. The van der Waals surface area contributed by atoms with Gasteiger partial charge in [-0.25, -0.2) is 9.78 Å². The van der Waals surface area contributed by atoms with Crippen molar-refractivity contribution in [2.45, 2.75) is 64.4 Å². The molecule has 1 fully saturated rings. The van der Waals surface area contributed by atoms with Crippen molar-refractivity contribution < 1.29 is 19.0 Å². The molecular formula is C18H27BrN2O4. The second-order valence-electron chi connectivity index (χ2n) is 7.04. The van der Waals surface area contributed by atoms with Gasteiger partial charge >= 0.3 is 6.09 Å². The van der Waals surface area contributed by atoms with E-state index >= 15 is 0 Å². The Hall–Kier alpha value is -1.18. The van der Waals surface area contributed by atoms with Crippen LogP contribution in [0.1, 0.15) is 58.2 Å². The number of alkyl carbamates (subject to hydrolysis) is 1. The highest BCUT2D eigenvalue weighted by Gasteiger charge is 2.22. The van der Waals surface area contributed by atoms with Crippen LogP contribution in [0.25, 0.3) is 0 Å². The molecule has 1 aliphatic heterocycles. The highest BCUT2D eigenvalue weighted by Crippen LogP contribution is 2.20. The number of nitrogens with one attached hydrogen (secondary N) is 1. The Morgan fingerprint density at radius 3 is 2.88 bits per heavy atom. The molecule has 2 atom stereocenters. The number of aromatic nitrogens is 1. The molecule has 1 unspecified atom stereocenters. The highest BCUT2D eigenvalue weighted by atomic mass is 79.9. The Morgan fingerprint density at radius 2 is 2.24 bits per heavy atom. The van der Waals surface area contributed by atoms with E-state index in [-0.39, 0.29) is 12.3 Å². The molecule has 0 aromatic carbocycles. The zero-order valence-electron chi connectivity index (χ0n) is 15.1. The van der Waals surface area contributed by atoms with E-state index in [2.05, 4.69) is 26.2 Å². The second-order valence-corrected chi connectivity index (χ2v) is 7.85. The zero-order chi connectivity index (χ0) is 18.3. The van der Waals surface area contributed by atoms with Gasteiger partial charge in [-0.1, -0.05) is 6.07 Å². The highest BCUT2D eigenvalue weighted by molar-refractivity contribution is 9.10. The van der Waals surface area contributed by atoms with Crippen molar-refractivity contribution in [2.75, 3.05) is 13.2 Å². The Balaban J connectivity index is 1.95. The van der Waals surface area contributed by atoms with Crippen LogP contribution in [0, 0.1) is 0 Å². The first kappa shape index (κ1) is 20.1. The lowest BCUT2D eigenvalue weighted by molar-refractivity contribution is -0.163. The van der Waals surface area contributed by atoms with Gasteiger partial charge in [-0.15, -0.1) is 0 Å². The summed E-state index contributed by atoms with van der Waals surface area (Å²) in [5.74, 6) is 0. The summed E-state index contributed by atoms with van der Waals surface area (Å²) >= 11 is 3.37. The summed E-state index contributed by atoms with van der Waals surface area (Å²) < 4.78 is 17.4. The van der Waals surface area contributed by atoms with E-state index in [1.807, 2.05) is 39.0 Å². The molecule has 1 saturated heterocycles. The predicted octanol–water partition coefficient (Wildman–Crippen LogP) is 4.34. The van der Waals surface area contributed by atoms with Crippen LogP contribution in [0.2, 0.25) is 0 Å². The van der Waals surface area contributed by atoms with Crippen molar-refractivity contribution in [1.82, 2.24) is 10.3 Å². The van der Waals surface area contributed by atoms with E-state index in [0.717, 1.165) is 36.2 Å². The van der Waals surface area contributed by atoms with E-state index in [9.17, 15) is 4.79 Å². The van der Waals surface area contributed by atoms with Gasteiger partial charge in [0.05, 0.1) is 18.3 Å². The molecule has 1 aromatic heterocycles. The molecule has 140 valence electrons. The van der Waals surface area contributed by atoms with E-state index in [0.29, 0.717) is 13.0 Å². The molecule has 1 aliphatic rings. The third kappa shape index (κ3) is 7.71. The maximum absolute atomic E-state index is 12.2. The molecule has 2 heterocycles. The van der Waals surface area contributed by atoms with Crippen molar-refractivity contribution in [1.29, 1.82) is 0 Å². The maximum atomic E-state index is 12.2. The summed E-state index contributed by atoms with van der Waals surface area (Å²) in [6.07, 6.45) is 3.10. The van der Waals surface area contributed by atoms with Crippen LogP contribution in [0.5, 0.6) is 0 Å². The van der Waals surface area contributed by atoms with Crippen molar-refractivity contribution in [3.8, 4) is 0 Å². The number of ether oxygens (including phenoxy) is 3. The molecule has 7 heteroatoms. The van der Waals surface area contributed by atoms with Crippen LogP contribution in [-0.2, 0) is 14.2 Å². The Bertz CT molecular complexity index is 556. The number of carbonyl (C=O) groups is 1. The van der Waals surface area contributed by atoms with E-state index < -0.39 is 11.7 Å². The first-order valence-corrected chi connectivity index (χ1v) is 9.48. The molecule has 1 N–H and O–H groups in total. The minimum Gasteiger partial charge on any atom is -0.444 e. The van der Waals surface area contributed by atoms with Gasteiger partial charge in [0.1, 0.15) is 10.2 Å². The largest absolute Gasteiger partial charge is 0.444 e. The number of halogens is 1. The molecule has 0 aliphatic carbocycles. The molecule has 1 aromatic rings. The summed E-state index contributed by atoms with van der Waals surface area (Å²) in [6, 6.07) is 5.32. The molecule has 0 saturated carbocycles. The van der Waals surface area contributed by atoms with Gasteiger partial charge < -0.3 is 19.5 Å². The average Bonchev–Trinajstić information content (AvgIpc) is 2.53. The minimum absolute atomic E-state index is 0.147. The molecular weight excluding hydrogens is 388 g/mol. The third-order valence-electron chi connectivity index (χ3n) is 3.63. The molecule has 0 bridgehead atoms. The SMILES string of the molecule is CC(C)(C)OC(=O)NC(CCO[C@H]1CCCCO1)c1cccc(Br)n1. The summed E-state index contributed by atoms with van der Waals surface area (Å²) in [7, 11) is 0. The van der Waals surface area contributed by atoms with Gasteiger partial charge in [0, 0.05) is 6.61 Å². The first-order valence-electron chi connectivity index (χ1n) is 8.69. The van der Waals surface area contributed by atoms with Crippen LogP contribution in [0.4, 0.5) is 4.79 Å². The molecule has 6 nitrogen and oxygen atoms in total. The lowest BCUT2D eigenvalue weighted by Gasteiger charge is -2.25. The quantitative estimate of drug-likeness (QED) is 0.700. The molecule has 1 amide bonds. The number of pyridine rings is 1. The lowest BCUT2D eigenvalue weighted by Crippen LogP contribution is -2.36. The monoisotopic (exact) mass is 414 g/mol. The number of amides is 1. The zero-order valence-corrected chi connectivity index (χ0v) is 16.7. The number of hydrogen-bond acceptors (Lipinski definition) is 5. The standard InChI is InChI=1S/C18H27BrN2O4/c1-18(2,3)25-17(22)21-14(13-7-6-8-15(19)20-13)10-12-24-16-9-4-5-11-23-16/h6-8,14,16H,4-5,9-12H2,1-3H3,(H,21,22)/t14?,16-/m0/s1. The van der Waals surface area contributed by atoms with Gasteiger partial charge in [0.25, 0.3) is 0 Å². The van der Waals surface area contributed by atoms with E-state index in [4.69, 9.17) is 14.2 Å². The molecule has 2 rings (SSSR count). The fourth-order valence-corrected chi connectivity index (χ4v) is 2.88. The number of carbonyl (C=O) groups excluding carboxylic acids is 1. The van der Waals surface area contributed by atoms with Crippen LogP contribution in [-0.4, -0.2) is 36.2 Å². The van der Waals surface area contributed by atoms with Gasteiger partial charge in [-0.3, -0.25) is 0 Å². The smallest absolute Gasteiger partial charge is 0.408 e. The Morgan fingerprint density at radius 1 is 1.44 bits per heavy atom. The van der Waals surface area contributed by atoms with Gasteiger partial charge in [-0.2, -0.15) is 0 Å². The van der Waals surface area contributed by atoms with Gasteiger partial charge in [0.15, 0.2) is 6.29 Å². The Kier molecular flexibility index (Phi) is 7.65. The molecule has 0 radical (unpaired) electrons. The van der Waals surface area contributed by atoms with Crippen molar-refractivity contribution >= 4 is 22.0 Å². The van der Waals surface area contributed by atoms with Crippen LogP contribution < -0.4 is 5.32 Å². The van der Waals surface area contributed by atoms with E-state index in [1.54, 1.807) is 0 Å². The second kappa shape index (κ2) is 9.50. The van der Waals surface area contributed by atoms with Crippen molar-refractivity contribution in [3.63, 3.8) is 0 Å². The summed E-state index contributed by atoms with van der Waals surface area (Å²) in [5, 5.41) is 2.89. The van der Waals surface area contributed by atoms with E-state index in [1.165, 1.54) is 0 Å². The summed E-state index contributed by atoms with van der Waals surface area (Å²) in [5.41, 5.74) is 0.208. The van der Waals surface area contributed by atoms with Crippen molar-refractivity contribution in [3.05, 3.63) is 28.5 Å². The van der Waals surface area contributed by atoms with Crippen molar-refractivity contribution in [2.24, 2.45) is 0 Å². The predicted molar refractivity (Wildman–Crippen MR) is 98.2 cm³/mol. The lowest BCUT2D eigenvalue weighted by atomic mass is 10.1. The van der Waals surface area contributed by atoms with Gasteiger partial charge in [0.2, 0.25) is 0 Å². The number of rotatable bonds is 6. The van der Waals surface area contributed by atoms with Crippen LogP contribution in [0.15, 0.2) is 22.8 Å². The Labute approximate surface area is 157 Å². The molecule has 0 spiro atoms. The normalized spacial score (nSPS) is 19.3. The number of hydrogen-bond donors (Lipinski definition) is 1. The van der Waals surface area contributed by atoms with Crippen LogP contribution >= 0.6 is 15.9 Å². The minimum atomic E-state index is -0.550.